The molecule has 1 aliphatic rings. The first kappa shape index (κ1) is 22.6. The van der Waals surface area contributed by atoms with E-state index in [0.717, 1.165) is 5.56 Å². The van der Waals surface area contributed by atoms with Crippen molar-refractivity contribution in [3.8, 4) is 5.75 Å². The fourth-order valence-corrected chi connectivity index (χ4v) is 4.17. The Hall–Kier alpha value is -3.64. The average Bonchev–Trinajstić information content (AvgIpc) is 3.05. The van der Waals surface area contributed by atoms with Crippen LogP contribution in [0, 0.1) is 12.7 Å². The van der Waals surface area contributed by atoms with Gasteiger partial charge in [-0.2, -0.15) is 0 Å². The number of carbonyl (C=O) groups is 2. The van der Waals surface area contributed by atoms with Crippen LogP contribution in [0.1, 0.15) is 28.3 Å². The highest BCUT2D eigenvalue weighted by molar-refractivity contribution is 6.46. The summed E-state index contributed by atoms with van der Waals surface area (Å²) >= 11 is 6.10. The molecule has 0 saturated carbocycles. The van der Waals surface area contributed by atoms with Crippen molar-refractivity contribution in [3.05, 3.63) is 105 Å². The highest BCUT2D eigenvalue weighted by atomic mass is 35.5. The van der Waals surface area contributed by atoms with Crippen molar-refractivity contribution in [2.24, 2.45) is 0 Å². The molecule has 1 fully saturated rings. The average molecular weight is 466 g/mol. The summed E-state index contributed by atoms with van der Waals surface area (Å²) in [5, 5.41) is 11.5. The number of carbonyl (C=O) groups excluding carboxylic acids is 2. The van der Waals surface area contributed by atoms with Crippen molar-refractivity contribution in [1.82, 2.24) is 4.90 Å². The number of aliphatic hydroxyl groups is 1. The number of halogens is 2. The molecule has 1 aliphatic heterocycles. The van der Waals surface area contributed by atoms with Crippen LogP contribution in [-0.2, 0) is 16.1 Å². The minimum absolute atomic E-state index is 0.0305. The third-order valence-corrected chi connectivity index (χ3v) is 5.90. The standard InChI is InChI=1S/C26H21ClFNO4/c1-15-4-3-5-17(12-15)23-22(24(30)18-8-11-20(27)21(13-18)33-2)25(31)26(32)29(23)14-16-6-9-19(28)10-7-16/h3-13,23,30H,14H2,1-2H3/b24-22-. The number of hydrogen-bond donors (Lipinski definition) is 1. The molecular weight excluding hydrogens is 445 g/mol. The molecule has 168 valence electrons. The minimum Gasteiger partial charge on any atom is -0.507 e. The zero-order chi connectivity index (χ0) is 23.7. The molecule has 0 spiro atoms. The molecule has 33 heavy (non-hydrogen) atoms. The number of aliphatic hydroxyl groups excluding tert-OH is 1. The Morgan fingerprint density at radius 3 is 2.48 bits per heavy atom. The summed E-state index contributed by atoms with van der Waals surface area (Å²) in [6.45, 7) is 1.98. The highest BCUT2D eigenvalue weighted by Gasteiger charge is 2.46. The molecule has 3 aromatic carbocycles. The maximum absolute atomic E-state index is 13.4. The molecule has 7 heteroatoms. The van der Waals surface area contributed by atoms with Crippen molar-refractivity contribution in [2.75, 3.05) is 7.11 Å². The summed E-state index contributed by atoms with van der Waals surface area (Å²) in [7, 11) is 1.44. The summed E-state index contributed by atoms with van der Waals surface area (Å²) in [5.74, 6) is -1.93. The van der Waals surface area contributed by atoms with Gasteiger partial charge < -0.3 is 14.7 Å². The number of ether oxygens (including phenoxy) is 1. The molecule has 1 heterocycles. The van der Waals surface area contributed by atoms with E-state index in [9.17, 15) is 19.1 Å². The van der Waals surface area contributed by atoms with Crippen LogP contribution in [0.4, 0.5) is 4.39 Å². The zero-order valence-corrected chi connectivity index (χ0v) is 18.8. The Balaban J connectivity index is 1.87. The first-order valence-corrected chi connectivity index (χ1v) is 10.6. The molecule has 1 atom stereocenters. The van der Waals surface area contributed by atoms with E-state index in [4.69, 9.17) is 16.3 Å². The molecular formula is C26H21ClFNO4. The van der Waals surface area contributed by atoms with E-state index in [-0.39, 0.29) is 17.9 Å². The molecule has 1 N–H and O–H groups in total. The van der Waals surface area contributed by atoms with E-state index in [1.165, 1.54) is 30.2 Å². The van der Waals surface area contributed by atoms with Crippen molar-refractivity contribution in [3.63, 3.8) is 0 Å². The van der Waals surface area contributed by atoms with Crippen molar-refractivity contribution >= 4 is 29.1 Å². The van der Waals surface area contributed by atoms with E-state index in [2.05, 4.69) is 0 Å². The van der Waals surface area contributed by atoms with E-state index in [1.54, 1.807) is 30.3 Å². The van der Waals surface area contributed by atoms with Crippen LogP contribution in [0.5, 0.6) is 5.75 Å². The lowest BCUT2D eigenvalue weighted by atomic mass is 9.94. The summed E-state index contributed by atoms with van der Waals surface area (Å²) in [4.78, 5) is 27.6. The van der Waals surface area contributed by atoms with Gasteiger partial charge in [-0.25, -0.2) is 4.39 Å². The van der Waals surface area contributed by atoms with Gasteiger partial charge in [0, 0.05) is 12.1 Å². The molecule has 4 rings (SSSR count). The van der Waals surface area contributed by atoms with Gasteiger partial charge in [0.05, 0.1) is 23.7 Å². The second-order valence-corrected chi connectivity index (χ2v) is 8.22. The van der Waals surface area contributed by atoms with Gasteiger partial charge >= 0.3 is 0 Å². The maximum Gasteiger partial charge on any atom is 0.295 e. The quantitative estimate of drug-likeness (QED) is 0.310. The molecule has 5 nitrogen and oxygen atoms in total. The van der Waals surface area contributed by atoms with Crippen LogP contribution >= 0.6 is 11.6 Å². The lowest BCUT2D eigenvalue weighted by Crippen LogP contribution is -2.29. The number of Topliss-reactive ketones (excluding diaryl/α,β-unsaturated/α-hetero) is 1. The number of nitrogens with zero attached hydrogens (tertiary/aromatic N) is 1. The van der Waals surface area contributed by atoms with Crippen LogP contribution in [0.25, 0.3) is 5.76 Å². The van der Waals surface area contributed by atoms with Crippen molar-refractivity contribution in [2.45, 2.75) is 19.5 Å². The number of ketones is 1. The number of hydrogen-bond acceptors (Lipinski definition) is 4. The summed E-state index contributed by atoms with van der Waals surface area (Å²) in [6.07, 6.45) is 0. The SMILES string of the molecule is COc1cc(/C(O)=C2/C(=O)C(=O)N(Cc3ccc(F)cc3)C2c2cccc(C)c2)ccc1Cl. The Bertz CT molecular complexity index is 1270. The normalized spacial score (nSPS) is 17.5. The second-order valence-electron chi connectivity index (χ2n) is 7.82. The van der Waals surface area contributed by atoms with Crippen LogP contribution < -0.4 is 4.74 Å². The van der Waals surface area contributed by atoms with Crippen LogP contribution in [-0.4, -0.2) is 28.8 Å². The molecule has 1 unspecified atom stereocenters. The Kier molecular flexibility index (Phi) is 6.20. The first-order chi connectivity index (χ1) is 15.8. The van der Waals surface area contributed by atoms with Gasteiger partial charge in [-0.15, -0.1) is 0 Å². The zero-order valence-electron chi connectivity index (χ0n) is 18.0. The molecule has 3 aromatic rings. The van der Waals surface area contributed by atoms with Gasteiger partial charge in [0.2, 0.25) is 0 Å². The second kappa shape index (κ2) is 9.08. The van der Waals surface area contributed by atoms with Crippen molar-refractivity contribution < 1.29 is 23.8 Å². The van der Waals surface area contributed by atoms with E-state index < -0.39 is 23.5 Å². The lowest BCUT2D eigenvalue weighted by Gasteiger charge is -2.25. The maximum atomic E-state index is 13.4. The lowest BCUT2D eigenvalue weighted by molar-refractivity contribution is -0.140. The summed E-state index contributed by atoms with van der Waals surface area (Å²) in [5.41, 5.74) is 2.54. The van der Waals surface area contributed by atoms with Gasteiger partial charge in [-0.1, -0.05) is 53.6 Å². The Morgan fingerprint density at radius 2 is 1.82 bits per heavy atom. The molecule has 1 amide bonds. The van der Waals surface area contributed by atoms with Crippen LogP contribution in [0.2, 0.25) is 5.02 Å². The third kappa shape index (κ3) is 4.34. The summed E-state index contributed by atoms with van der Waals surface area (Å²) < 4.78 is 18.6. The molecule has 0 bridgehead atoms. The fraction of sp³-hybridized carbons (Fsp3) is 0.154. The van der Waals surface area contributed by atoms with Gasteiger partial charge in [0.15, 0.2) is 0 Å². The Labute approximate surface area is 195 Å². The van der Waals surface area contributed by atoms with E-state index in [1.807, 2.05) is 25.1 Å². The number of amides is 1. The molecule has 0 radical (unpaired) electrons. The molecule has 0 aromatic heterocycles. The summed E-state index contributed by atoms with van der Waals surface area (Å²) in [6, 6.07) is 16.9. The number of benzene rings is 3. The largest absolute Gasteiger partial charge is 0.507 e. The van der Waals surface area contributed by atoms with E-state index in [0.29, 0.717) is 27.5 Å². The van der Waals surface area contributed by atoms with Gasteiger partial charge in [0.1, 0.15) is 17.3 Å². The monoisotopic (exact) mass is 465 g/mol. The minimum atomic E-state index is -0.823. The number of methoxy groups -OCH3 is 1. The fourth-order valence-electron chi connectivity index (χ4n) is 3.98. The topological polar surface area (TPSA) is 66.8 Å². The first-order valence-electron chi connectivity index (χ1n) is 10.2. The third-order valence-electron chi connectivity index (χ3n) is 5.59. The molecule has 0 aliphatic carbocycles. The number of aryl methyl sites for hydroxylation is 1. The number of rotatable bonds is 5. The van der Waals surface area contributed by atoms with Crippen LogP contribution in [0.15, 0.2) is 72.3 Å². The van der Waals surface area contributed by atoms with Gasteiger partial charge in [-0.05, 0) is 48.4 Å². The van der Waals surface area contributed by atoms with Gasteiger partial charge in [-0.3, -0.25) is 9.59 Å². The van der Waals surface area contributed by atoms with Gasteiger partial charge in [0.25, 0.3) is 11.7 Å². The van der Waals surface area contributed by atoms with E-state index >= 15 is 0 Å². The van der Waals surface area contributed by atoms with Crippen molar-refractivity contribution in [1.29, 1.82) is 0 Å². The van der Waals surface area contributed by atoms with Crippen LogP contribution in [0.3, 0.4) is 0 Å². The number of likely N-dealkylation sites (tertiary alicyclic amines) is 1. The Morgan fingerprint density at radius 1 is 1.09 bits per heavy atom. The smallest absolute Gasteiger partial charge is 0.295 e. The predicted molar refractivity (Wildman–Crippen MR) is 123 cm³/mol. The molecule has 1 saturated heterocycles. The highest BCUT2D eigenvalue weighted by Crippen LogP contribution is 2.41. The predicted octanol–water partition coefficient (Wildman–Crippen LogP) is 5.42.